The Balaban J connectivity index is 2.27. The second kappa shape index (κ2) is 7.98. The molecule has 0 aliphatic carbocycles. The maximum Gasteiger partial charge on any atom is 0.168 e. The fourth-order valence-corrected chi connectivity index (χ4v) is 4.15. The van der Waals surface area contributed by atoms with Gasteiger partial charge < -0.3 is 4.48 Å². The van der Waals surface area contributed by atoms with Gasteiger partial charge in [0, 0.05) is 22.4 Å². The minimum absolute atomic E-state index is 0.249. The zero-order chi connectivity index (χ0) is 16.9. The predicted molar refractivity (Wildman–Crippen MR) is 99.7 cm³/mol. The summed E-state index contributed by atoms with van der Waals surface area (Å²) in [5.41, 5.74) is 2.19. The third-order valence-electron chi connectivity index (χ3n) is 4.93. The number of benzene rings is 1. The summed E-state index contributed by atoms with van der Waals surface area (Å²) >= 11 is 1.73. The Labute approximate surface area is 144 Å². The van der Waals surface area contributed by atoms with Crippen LogP contribution in [-0.4, -0.2) is 29.9 Å². The second-order valence-electron chi connectivity index (χ2n) is 6.14. The van der Waals surface area contributed by atoms with Crippen molar-refractivity contribution in [2.24, 2.45) is 0 Å². The average molecular weight is 331 g/mol. The Bertz CT molecular complexity index is 618. The molecule has 0 fully saturated rings. The minimum Gasteiger partial charge on any atom is -0.321 e. The number of thioether (sulfide) groups is 1. The van der Waals surface area contributed by atoms with Crippen molar-refractivity contribution in [2.75, 3.05) is 19.6 Å². The van der Waals surface area contributed by atoms with Crippen LogP contribution in [0.2, 0.25) is 0 Å². The maximum absolute atomic E-state index is 12.5. The largest absolute Gasteiger partial charge is 0.321 e. The SMILES string of the molecule is C/C=C\C=C1/CC(=O)c2cc(C[N+](CC)(CC)CC)ccc2S1. The van der Waals surface area contributed by atoms with Crippen molar-refractivity contribution >= 4 is 17.5 Å². The molecule has 1 aliphatic heterocycles. The molecule has 0 unspecified atom stereocenters. The number of fused-ring (bicyclic) bond motifs is 1. The van der Waals surface area contributed by atoms with Gasteiger partial charge in [0.1, 0.15) is 6.54 Å². The van der Waals surface area contributed by atoms with E-state index in [4.69, 9.17) is 0 Å². The number of nitrogens with zero attached hydrogens (tertiary/aromatic N) is 1. The van der Waals surface area contributed by atoms with Crippen LogP contribution < -0.4 is 0 Å². The van der Waals surface area contributed by atoms with Gasteiger partial charge in [0.15, 0.2) is 5.78 Å². The molecule has 124 valence electrons. The summed E-state index contributed by atoms with van der Waals surface area (Å²) < 4.78 is 1.08. The molecule has 2 rings (SSSR count). The van der Waals surface area contributed by atoms with Crippen molar-refractivity contribution in [3.8, 4) is 0 Å². The van der Waals surface area contributed by atoms with Gasteiger partial charge in [-0.15, -0.1) is 0 Å². The van der Waals surface area contributed by atoms with Crippen LogP contribution in [0, 0.1) is 0 Å². The van der Waals surface area contributed by atoms with Gasteiger partial charge in [-0.05, 0) is 44.7 Å². The lowest BCUT2D eigenvalue weighted by atomic mass is 10.0. The van der Waals surface area contributed by atoms with Gasteiger partial charge in [-0.25, -0.2) is 0 Å². The topological polar surface area (TPSA) is 17.1 Å². The van der Waals surface area contributed by atoms with Crippen molar-refractivity contribution in [2.45, 2.75) is 45.6 Å². The van der Waals surface area contributed by atoms with E-state index in [0.29, 0.717) is 6.42 Å². The second-order valence-corrected chi connectivity index (χ2v) is 7.31. The standard InChI is InChI=1S/C20H28NOS/c1-5-9-10-17-14-19(22)18-13-16(11-12-20(18)23-17)15-21(6-2,7-3)8-4/h5,9-13H,6-8,14-15H2,1-4H3/q+1/b9-5-,17-10+. The van der Waals surface area contributed by atoms with Gasteiger partial charge >= 0.3 is 0 Å². The first-order chi connectivity index (χ1) is 11.1. The number of Topliss-reactive ketones (excluding diaryl/α,β-unsaturated/α-hetero) is 1. The summed E-state index contributed by atoms with van der Waals surface area (Å²) in [6, 6.07) is 6.46. The van der Waals surface area contributed by atoms with E-state index in [-0.39, 0.29) is 5.78 Å². The average Bonchev–Trinajstić information content (AvgIpc) is 2.58. The molecule has 1 aromatic carbocycles. The summed E-state index contributed by atoms with van der Waals surface area (Å²) in [6.45, 7) is 13.2. The Kier molecular flexibility index (Phi) is 6.25. The van der Waals surface area contributed by atoms with Crippen LogP contribution in [-0.2, 0) is 6.54 Å². The van der Waals surface area contributed by atoms with Gasteiger partial charge in [0.2, 0.25) is 0 Å². The van der Waals surface area contributed by atoms with Crippen LogP contribution in [0.3, 0.4) is 0 Å². The smallest absolute Gasteiger partial charge is 0.168 e. The summed E-state index contributed by atoms with van der Waals surface area (Å²) in [7, 11) is 0. The third-order valence-corrected chi connectivity index (χ3v) is 6.04. The highest BCUT2D eigenvalue weighted by Gasteiger charge is 2.25. The molecular formula is C20H28NOS+. The number of carbonyl (C=O) groups is 1. The molecule has 0 N–H and O–H groups in total. The molecule has 0 bridgehead atoms. The number of hydrogen-bond acceptors (Lipinski definition) is 2. The van der Waals surface area contributed by atoms with Gasteiger partial charge in [-0.3, -0.25) is 4.79 Å². The van der Waals surface area contributed by atoms with Crippen molar-refractivity contribution in [3.63, 3.8) is 0 Å². The molecule has 1 aliphatic rings. The Hall–Kier alpha value is -1.32. The van der Waals surface area contributed by atoms with E-state index in [0.717, 1.165) is 46.0 Å². The first kappa shape index (κ1) is 18.0. The highest BCUT2D eigenvalue weighted by Crippen LogP contribution is 2.38. The zero-order valence-electron chi connectivity index (χ0n) is 14.8. The summed E-state index contributed by atoms with van der Waals surface area (Å²) in [4.78, 5) is 14.7. The fourth-order valence-electron chi connectivity index (χ4n) is 3.10. The highest BCUT2D eigenvalue weighted by atomic mass is 32.2. The zero-order valence-corrected chi connectivity index (χ0v) is 15.6. The third kappa shape index (κ3) is 4.15. The molecule has 0 saturated heterocycles. The van der Waals surface area contributed by atoms with Crippen LogP contribution in [0.15, 0.2) is 46.2 Å². The Morgan fingerprint density at radius 3 is 2.48 bits per heavy atom. The maximum atomic E-state index is 12.5. The number of carbonyl (C=O) groups excluding carboxylic acids is 1. The van der Waals surface area contributed by atoms with E-state index in [1.54, 1.807) is 11.8 Å². The van der Waals surface area contributed by atoms with Gasteiger partial charge in [0.05, 0.1) is 19.6 Å². The van der Waals surface area contributed by atoms with Crippen molar-refractivity contribution < 1.29 is 9.28 Å². The van der Waals surface area contributed by atoms with E-state index in [1.807, 2.05) is 25.2 Å². The lowest BCUT2D eigenvalue weighted by Gasteiger charge is -2.36. The van der Waals surface area contributed by atoms with Crippen LogP contribution in [0.4, 0.5) is 0 Å². The molecule has 0 radical (unpaired) electrons. The van der Waals surface area contributed by atoms with Crippen LogP contribution >= 0.6 is 11.8 Å². The molecular weight excluding hydrogens is 302 g/mol. The number of allylic oxidation sites excluding steroid dienone is 4. The minimum atomic E-state index is 0.249. The van der Waals surface area contributed by atoms with E-state index in [2.05, 4.69) is 39.0 Å². The summed E-state index contributed by atoms with van der Waals surface area (Å²) in [6.07, 6.45) is 6.58. The van der Waals surface area contributed by atoms with Crippen molar-refractivity contribution in [3.05, 3.63) is 52.5 Å². The van der Waals surface area contributed by atoms with E-state index < -0.39 is 0 Å². The lowest BCUT2D eigenvalue weighted by molar-refractivity contribution is -0.936. The molecule has 2 nitrogen and oxygen atoms in total. The van der Waals surface area contributed by atoms with E-state index in [9.17, 15) is 4.79 Å². The van der Waals surface area contributed by atoms with Crippen molar-refractivity contribution in [1.82, 2.24) is 0 Å². The van der Waals surface area contributed by atoms with Gasteiger partial charge in [0.25, 0.3) is 0 Å². The lowest BCUT2D eigenvalue weighted by Crippen LogP contribution is -2.46. The number of rotatable bonds is 6. The van der Waals surface area contributed by atoms with E-state index >= 15 is 0 Å². The molecule has 0 spiro atoms. The Morgan fingerprint density at radius 2 is 1.87 bits per heavy atom. The molecule has 0 amide bonds. The first-order valence-corrected chi connectivity index (χ1v) is 9.40. The molecule has 23 heavy (non-hydrogen) atoms. The molecule has 3 heteroatoms. The molecule has 0 saturated carbocycles. The molecule has 1 aromatic rings. The van der Waals surface area contributed by atoms with Crippen molar-refractivity contribution in [1.29, 1.82) is 0 Å². The molecule has 1 heterocycles. The molecule has 0 atom stereocenters. The van der Waals surface area contributed by atoms with Crippen LogP contribution in [0.5, 0.6) is 0 Å². The predicted octanol–water partition coefficient (Wildman–Crippen LogP) is 5.20. The normalized spacial score (nSPS) is 17.0. The molecule has 0 aromatic heterocycles. The quantitative estimate of drug-likeness (QED) is 0.667. The number of hydrogen-bond donors (Lipinski definition) is 0. The number of quaternary nitrogens is 1. The van der Waals surface area contributed by atoms with Crippen LogP contribution in [0.1, 0.15) is 50.0 Å². The Morgan fingerprint density at radius 1 is 1.17 bits per heavy atom. The highest BCUT2D eigenvalue weighted by molar-refractivity contribution is 8.03. The summed E-state index contributed by atoms with van der Waals surface area (Å²) in [5, 5.41) is 0. The van der Waals surface area contributed by atoms with Gasteiger partial charge in [-0.1, -0.05) is 36.1 Å². The van der Waals surface area contributed by atoms with E-state index in [1.165, 1.54) is 5.56 Å². The fraction of sp³-hybridized carbons (Fsp3) is 0.450. The monoisotopic (exact) mass is 330 g/mol. The van der Waals surface area contributed by atoms with Gasteiger partial charge in [-0.2, -0.15) is 0 Å². The van der Waals surface area contributed by atoms with Crippen LogP contribution in [0.25, 0.3) is 0 Å². The summed E-state index contributed by atoms with van der Waals surface area (Å²) in [5.74, 6) is 0.249. The number of ketones is 1. The first-order valence-electron chi connectivity index (χ1n) is 8.58.